The third kappa shape index (κ3) is 6.15. The van der Waals surface area contributed by atoms with E-state index in [2.05, 4.69) is 17.4 Å². The second-order valence-corrected chi connectivity index (χ2v) is 6.47. The van der Waals surface area contributed by atoms with E-state index >= 15 is 0 Å². The summed E-state index contributed by atoms with van der Waals surface area (Å²) in [5.74, 6) is 0.810. The fourth-order valence-electron chi connectivity index (χ4n) is 3.17. The van der Waals surface area contributed by atoms with Crippen LogP contribution in [0.15, 0.2) is 54.6 Å². The predicted octanol–water partition coefficient (Wildman–Crippen LogP) is 4.23. The Labute approximate surface area is 155 Å². The van der Waals surface area contributed by atoms with Gasteiger partial charge in [-0.25, -0.2) is 0 Å². The number of aryl methyl sites for hydroxylation is 1. The maximum absolute atomic E-state index is 11.4. The Morgan fingerprint density at radius 2 is 1.77 bits per heavy atom. The monoisotopic (exact) mass is 356 g/mol. The smallest absolute Gasteiger partial charge is 0.227 e. The van der Waals surface area contributed by atoms with Crippen molar-refractivity contribution in [2.75, 3.05) is 7.11 Å². The number of benzene rings is 2. The molecule has 0 spiro atoms. The summed E-state index contributed by atoms with van der Waals surface area (Å²) in [5.41, 5.74) is 2.37. The molecular weight excluding hydrogens is 328 g/mol. The molecule has 1 N–H and O–H groups in total. The van der Waals surface area contributed by atoms with E-state index in [0.717, 1.165) is 30.6 Å². The number of methoxy groups -OCH3 is 1. The highest BCUT2D eigenvalue weighted by Crippen LogP contribution is 2.15. The van der Waals surface area contributed by atoms with Crippen LogP contribution >= 0.6 is 0 Å². The Hall–Kier alpha value is -2.40. The Balaban J connectivity index is 1.94. The van der Waals surface area contributed by atoms with Crippen molar-refractivity contribution in [3.8, 4) is 5.75 Å². The lowest BCUT2D eigenvalue weighted by molar-refractivity contribution is -0.527. The molecule has 5 heteroatoms. The van der Waals surface area contributed by atoms with Gasteiger partial charge in [-0.15, -0.1) is 0 Å². The zero-order valence-corrected chi connectivity index (χ0v) is 15.6. The van der Waals surface area contributed by atoms with Gasteiger partial charge in [0.25, 0.3) is 0 Å². The minimum absolute atomic E-state index is 0.138. The molecule has 140 valence electrons. The Bertz CT molecular complexity index is 659. The van der Waals surface area contributed by atoms with Crippen LogP contribution in [0, 0.1) is 10.1 Å². The van der Waals surface area contributed by atoms with E-state index in [9.17, 15) is 10.1 Å². The van der Waals surface area contributed by atoms with Gasteiger partial charge < -0.3 is 10.1 Å². The van der Waals surface area contributed by atoms with E-state index in [-0.39, 0.29) is 11.0 Å². The fourth-order valence-corrected chi connectivity index (χ4v) is 3.17. The van der Waals surface area contributed by atoms with Gasteiger partial charge in [-0.2, -0.15) is 0 Å². The molecule has 2 aromatic rings. The van der Waals surface area contributed by atoms with Crippen LogP contribution in [0.2, 0.25) is 0 Å². The lowest BCUT2D eigenvalue weighted by atomic mass is 9.98. The summed E-state index contributed by atoms with van der Waals surface area (Å²) in [6.45, 7) is 2.50. The summed E-state index contributed by atoms with van der Waals surface area (Å²) in [6, 6.07) is 17.3. The molecule has 0 saturated heterocycles. The highest BCUT2D eigenvalue weighted by Gasteiger charge is 2.28. The van der Waals surface area contributed by atoms with E-state index < -0.39 is 6.04 Å². The lowest BCUT2D eigenvalue weighted by Gasteiger charge is -2.22. The average Bonchev–Trinajstić information content (AvgIpc) is 2.67. The van der Waals surface area contributed by atoms with Crippen LogP contribution < -0.4 is 10.1 Å². The normalized spacial score (nSPS) is 13.2. The number of rotatable bonds is 11. The van der Waals surface area contributed by atoms with E-state index in [4.69, 9.17) is 4.74 Å². The quantitative estimate of drug-likeness (QED) is 0.483. The lowest BCUT2D eigenvalue weighted by Crippen LogP contribution is -2.43. The summed E-state index contributed by atoms with van der Waals surface area (Å²) >= 11 is 0. The fraction of sp³-hybridized carbons (Fsp3) is 0.429. The van der Waals surface area contributed by atoms with Gasteiger partial charge in [0.1, 0.15) is 5.75 Å². The molecule has 0 unspecified atom stereocenters. The molecule has 0 amide bonds. The molecule has 0 fully saturated rings. The number of nitrogens with one attached hydrogen (secondary N) is 1. The van der Waals surface area contributed by atoms with Crippen LogP contribution in [0.3, 0.4) is 0 Å². The van der Waals surface area contributed by atoms with Gasteiger partial charge in [0.2, 0.25) is 6.04 Å². The molecule has 2 rings (SSSR count). The standard InChI is InChI=1S/C21H28N2O3/c1-3-21(23(24)25)20(11-7-10-17-8-5-4-6-9-17)22-16-18-12-14-19(26-2)15-13-18/h4-6,8-9,12-15,20-22H,3,7,10-11,16H2,1-2H3/t20-,21+/m0/s1. The molecule has 0 aromatic heterocycles. The maximum atomic E-state index is 11.4. The van der Waals surface area contributed by atoms with E-state index in [1.165, 1.54) is 5.56 Å². The Morgan fingerprint density at radius 3 is 2.35 bits per heavy atom. The molecule has 0 bridgehead atoms. The van der Waals surface area contributed by atoms with Crippen LogP contribution in [0.5, 0.6) is 5.75 Å². The Kier molecular flexibility index (Phi) is 8.09. The van der Waals surface area contributed by atoms with Crippen LogP contribution in [-0.4, -0.2) is 24.1 Å². The van der Waals surface area contributed by atoms with Crippen molar-refractivity contribution in [2.24, 2.45) is 0 Å². The second-order valence-electron chi connectivity index (χ2n) is 6.47. The number of nitrogens with zero attached hydrogens (tertiary/aromatic N) is 1. The van der Waals surface area contributed by atoms with Crippen molar-refractivity contribution < 1.29 is 9.66 Å². The zero-order valence-electron chi connectivity index (χ0n) is 15.6. The summed E-state index contributed by atoms with van der Waals surface area (Å²) in [4.78, 5) is 11.3. The molecule has 5 nitrogen and oxygen atoms in total. The second kappa shape index (κ2) is 10.6. The first-order valence-corrected chi connectivity index (χ1v) is 9.17. The molecule has 0 aliphatic heterocycles. The molecule has 26 heavy (non-hydrogen) atoms. The first-order valence-electron chi connectivity index (χ1n) is 9.17. The number of ether oxygens (including phenoxy) is 1. The summed E-state index contributed by atoms with van der Waals surface area (Å²) in [5, 5.41) is 14.9. The average molecular weight is 356 g/mol. The SMILES string of the molecule is CC[C@H]([C@H](CCCc1ccccc1)NCc1ccc(OC)cc1)[N+](=O)[O-]. The topological polar surface area (TPSA) is 64.4 Å². The minimum Gasteiger partial charge on any atom is -0.497 e. The molecule has 0 aliphatic carbocycles. The summed E-state index contributed by atoms with van der Waals surface area (Å²) in [7, 11) is 1.64. The first kappa shape index (κ1) is 19.9. The van der Waals surface area contributed by atoms with E-state index in [0.29, 0.717) is 13.0 Å². The van der Waals surface area contributed by atoms with Crippen LogP contribution in [-0.2, 0) is 13.0 Å². The summed E-state index contributed by atoms with van der Waals surface area (Å²) in [6.07, 6.45) is 3.17. The first-order chi connectivity index (χ1) is 12.6. The largest absolute Gasteiger partial charge is 0.497 e. The molecule has 2 aromatic carbocycles. The maximum Gasteiger partial charge on any atom is 0.227 e. The van der Waals surface area contributed by atoms with Gasteiger partial charge in [-0.3, -0.25) is 10.1 Å². The van der Waals surface area contributed by atoms with Crippen molar-refractivity contribution >= 4 is 0 Å². The predicted molar refractivity (Wildman–Crippen MR) is 104 cm³/mol. The van der Waals surface area contributed by atoms with Crippen LogP contribution in [0.4, 0.5) is 0 Å². The van der Waals surface area contributed by atoms with Gasteiger partial charge in [0.15, 0.2) is 0 Å². The van der Waals surface area contributed by atoms with Crippen LogP contribution in [0.1, 0.15) is 37.3 Å². The number of hydrogen-bond acceptors (Lipinski definition) is 4. The van der Waals surface area contributed by atoms with Crippen molar-refractivity contribution in [1.29, 1.82) is 0 Å². The van der Waals surface area contributed by atoms with Crippen molar-refractivity contribution in [2.45, 2.75) is 51.2 Å². The zero-order chi connectivity index (χ0) is 18.8. The highest BCUT2D eigenvalue weighted by atomic mass is 16.6. The molecular formula is C21H28N2O3. The van der Waals surface area contributed by atoms with E-state index in [1.807, 2.05) is 49.4 Å². The molecule has 0 aliphatic rings. The van der Waals surface area contributed by atoms with Crippen LogP contribution in [0.25, 0.3) is 0 Å². The third-order valence-corrected chi connectivity index (χ3v) is 4.70. The molecule has 2 atom stereocenters. The van der Waals surface area contributed by atoms with E-state index in [1.54, 1.807) is 7.11 Å². The van der Waals surface area contributed by atoms with Gasteiger partial charge in [-0.05, 0) is 42.5 Å². The van der Waals surface area contributed by atoms with Crippen molar-refractivity contribution in [3.63, 3.8) is 0 Å². The van der Waals surface area contributed by atoms with Gasteiger partial charge in [0.05, 0.1) is 13.2 Å². The van der Waals surface area contributed by atoms with Gasteiger partial charge >= 0.3 is 0 Å². The highest BCUT2D eigenvalue weighted by molar-refractivity contribution is 5.27. The molecule has 0 heterocycles. The van der Waals surface area contributed by atoms with Crippen molar-refractivity contribution in [3.05, 3.63) is 75.8 Å². The minimum atomic E-state index is -0.566. The van der Waals surface area contributed by atoms with Gasteiger partial charge in [-0.1, -0.05) is 49.4 Å². The van der Waals surface area contributed by atoms with Gasteiger partial charge in [0, 0.05) is 17.9 Å². The number of nitro groups is 1. The molecule has 0 radical (unpaired) electrons. The Morgan fingerprint density at radius 1 is 1.08 bits per heavy atom. The number of hydrogen-bond donors (Lipinski definition) is 1. The third-order valence-electron chi connectivity index (χ3n) is 4.70. The summed E-state index contributed by atoms with van der Waals surface area (Å²) < 4.78 is 5.17. The molecule has 0 saturated carbocycles. The van der Waals surface area contributed by atoms with Crippen molar-refractivity contribution in [1.82, 2.24) is 5.32 Å².